The maximum absolute atomic E-state index is 5.67. The van der Waals surface area contributed by atoms with Gasteiger partial charge in [0.05, 0.1) is 6.61 Å². The number of benzene rings is 1. The van der Waals surface area contributed by atoms with Crippen molar-refractivity contribution in [3.63, 3.8) is 0 Å². The van der Waals surface area contributed by atoms with Crippen LogP contribution in [0.5, 0.6) is 5.75 Å². The summed E-state index contributed by atoms with van der Waals surface area (Å²) in [6, 6.07) is 8.55. The fraction of sp³-hybridized carbons (Fsp3) is 0.562. The summed E-state index contributed by atoms with van der Waals surface area (Å²) in [5, 5.41) is 0. The van der Waals surface area contributed by atoms with Crippen LogP contribution in [-0.2, 0) is 6.54 Å². The maximum Gasteiger partial charge on any atom is 0.119 e. The van der Waals surface area contributed by atoms with Crippen LogP contribution in [0.3, 0.4) is 0 Å². The summed E-state index contributed by atoms with van der Waals surface area (Å²) >= 11 is 0. The quantitative estimate of drug-likeness (QED) is 0.703. The van der Waals surface area contributed by atoms with Crippen molar-refractivity contribution >= 4 is 0 Å². The highest BCUT2D eigenvalue weighted by Gasteiger charge is 2.10. The van der Waals surface area contributed by atoms with Gasteiger partial charge in [0.25, 0.3) is 0 Å². The summed E-state index contributed by atoms with van der Waals surface area (Å²) in [5.74, 6) is 0.995. The SMILES string of the molecule is CCCCOc1ccc(CN2[CH]CCCC2)cc1. The minimum Gasteiger partial charge on any atom is -0.494 e. The molecule has 1 fully saturated rings. The molecule has 0 bridgehead atoms. The van der Waals surface area contributed by atoms with E-state index in [9.17, 15) is 0 Å². The van der Waals surface area contributed by atoms with Gasteiger partial charge in [0.2, 0.25) is 0 Å². The van der Waals surface area contributed by atoms with Crippen LogP contribution < -0.4 is 4.74 Å². The van der Waals surface area contributed by atoms with Gasteiger partial charge in [0, 0.05) is 13.1 Å². The molecule has 0 N–H and O–H groups in total. The van der Waals surface area contributed by atoms with E-state index in [2.05, 4.69) is 42.6 Å². The zero-order valence-corrected chi connectivity index (χ0v) is 11.4. The van der Waals surface area contributed by atoms with Crippen LogP contribution in [0, 0.1) is 6.54 Å². The Bertz CT molecular complexity index is 327. The largest absolute Gasteiger partial charge is 0.494 e. The Labute approximate surface area is 111 Å². The summed E-state index contributed by atoms with van der Waals surface area (Å²) in [4.78, 5) is 2.43. The van der Waals surface area contributed by atoms with Crippen molar-refractivity contribution < 1.29 is 4.74 Å². The lowest BCUT2D eigenvalue weighted by Crippen LogP contribution is -2.24. The second-order valence-electron chi connectivity index (χ2n) is 4.99. The van der Waals surface area contributed by atoms with E-state index in [0.717, 1.165) is 25.3 Å². The van der Waals surface area contributed by atoms with Gasteiger partial charge in [-0.3, -0.25) is 4.90 Å². The molecule has 0 spiro atoms. The van der Waals surface area contributed by atoms with Crippen LogP contribution in [0.15, 0.2) is 24.3 Å². The Morgan fingerprint density at radius 3 is 2.67 bits per heavy atom. The normalized spacial score (nSPS) is 16.7. The van der Waals surface area contributed by atoms with Crippen LogP contribution in [0.2, 0.25) is 0 Å². The van der Waals surface area contributed by atoms with E-state index in [1.807, 2.05) is 0 Å². The Morgan fingerprint density at radius 2 is 2.00 bits per heavy atom. The molecule has 0 atom stereocenters. The van der Waals surface area contributed by atoms with Crippen LogP contribution in [0.1, 0.15) is 44.6 Å². The molecular weight excluding hydrogens is 222 g/mol. The molecule has 1 saturated heterocycles. The van der Waals surface area contributed by atoms with E-state index in [1.165, 1.54) is 37.8 Å². The first-order valence-corrected chi connectivity index (χ1v) is 7.17. The number of rotatable bonds is 6. The average molecular weight is 246 g/mol. The van der Waals surface area contributed by atoms with Gasteiger partial charge in [-0.1, -0.05) is 31.9 Å². The highest BCUT2D eigenvalue weighted by Crippen LogP contribution is 2.18. The molecule has 2 heteroatoms. The smallest absolute Gasteiger partial charge is 0.119 e. The first-order valence-electron chi connectivity index (χ1n) is 7.17. The molecule has 1 aromatic rings. The van der Waals surface area contributed by atoms with Crippen LogP contribution in [-0.4, -0.2) is 18.1 Å². The molecule has 1 heterocycles. The van der Waals surface area contributed by atoms with E-state index in [-0.39, 0.29) is 0 Å². The van der Waals surface area contributed by atoms with E-state index in [1.54, 1.807) is 0 Å². The molecule has 0 saturated carbocycles. The third-order valence-corrected chi connectivity index (χ3v) is 3.36. The van der Waals surface area contributed by atoms with Crippen molar-refractivity contribution in [2.45, 2.75) is 45.6 Å². The summed E-state index contributed by atoms with van der Waals surface area (Å²) in [6.45, 7) is 7.59. The maximum atomic E-state index is 5.67. The first-order chi connectivity index (χ1) is 8.88. The fourth-order valence-corrected chi connectivity index (χ4v) is 2.23. The molecule has 0 unspecified atom stereocenters. The van der Waals surface area contributed by atoms with Gasteiger partial charge < -0.3 is 4.74 Å². The van der Waals surface area contributed by atoms with Crippen molar-refractivity contribution in [1.82, 2.24) is 4.90 Å². The molecular formula is C16H24NO. The Balaban J connectivity index is 1.79. The van der Waals surface area contributed by atoms with Gasteiger partial charge in [-0.25, -0.2) is 0 Å². The number of piperidine rings is 1. The molecule has 1 aromatic carbocycles. The third kappa shape index (κ3) is 4.34. The second kappa shape index (κ2) is 7.42. The summed E-state index contributed by atoms with van der Waals surface area (Å²) < 4.78 is 5.67. The first kappa shape index (κ1) is 13.4. The minimum absolute atomic E-state index is 0.829. The van der Waals surface area contributed by atoms with Crippen molar-refractivity contribution in [3.05, 3.63) is 36.4 Å². The van der Waals surface area contributed by atoms with Gasteiger partial charge in [-0.2, -0.15) is 0 Å². The molecule has 18 heavy (non-hydrogen) atoms. The van der Waals surface area contributed by atoms with Gasteiger partial charge >= 0.3 is 0 Å². The number of hydrogen-bond acceptors (Lipinski definition) is 2. The number of unbranched alkanes of at least 4 members (excludes halogenated alkanes) is 1. The molecule has 1 aliphatic heterocycles. The number of ether oxygens (including phenoxy) is 1. The van der Waals surface area contributed by atoms with Gasteiger partial charge in [-0.05, 0) is 43.5 Å². The standard InChI is InChI=1S/C16H24NO/c1-2-3-13-18-16-9-7-15(8-10-16)14-17-11-5-4-6-12-17/h7-11H,2-6,12-14H2,1H3. The van der Waals surface area contributed by atoms with Gasteiger partial charge in [0.15, 0.2) is 0 Å². The molecule has 99 valence electrons. The fourth-order valence-electron chi connectivity index (χ4n) is 2.23. The predicted octanol–water partition coefficient (Wildman–Crippen LogP) is 4.01. The third-order valence-electron chi connectivity index (χ3n) is 3.36. The number of hydrogen-bond donors (Lipinski definition) is 0. The molecule has 1 aliphatic rings. The topological polar surface area (TPSA) is 12.5 Å². The van der Waals surface area contributed by atoms with Crippen molar-refractivity contribution in [2.75, 3.05) is 13.2 Å². The summed E-state index contributed by atoms with van der Waals surface area (Å²) in [6.07, 6.45) is 6.22. The monoisotopic (exact) mass is 246 g/mol. The van der Waals surface area contributed by atoms with Crippen LogP contribution in [0.4, 0.5) is 0 Å². The zero-order chi connectivity index (χ0) is 12.6. The average Bonchev–Trinajstić information content (AvgIpc) is 2.42. The highest BCUT2D eigenvalue weighted by atomic mass is 16.5. The zero-order valence-electron chi connectivity index (χ0n) is 11.4. The van der Waals surface area contributed by atoms with E-state index < -0.39 is 0 Å². The Hall–Kier alpha value is -1.02. The van der Waals surface area contributed by atoms with E-state index in [4.69, 9.17) is 4.74 Å². The molecule has 0 aliphatic carbocycles. The van der Waals surface area contributed by atoms with Crippen molar-refractivity contribution in [3.8, 4) is 5.75 Å². The number of nitrogens with zero attached hydrogens (tertiary/aromatic N) is 1. The minimum atomic E-state index is 0.829. The molecule has 0 aromatic heterocycles. The summed E-state index contributed by atoms with van der Waals surface area (Å²) in [7, 11) is 0. The molecule has 2 nitrogen and oxygen atoms in total. The van der Waals surface area contributed by atoms with Crippen molar-refractivity contribution in [1.29, 1.82) is 0 Å². The predicted molar refractivity (Wildman–Crippen MR) is 75.4 cm³/mol. The Morgan fingerprint density at radius 1 is 1.17 bits per heavy atom. The van der Waals surface area contributed by atoms with E-state index in [0.29, 0.717) is 0 Å². The lowest BCUT2D eigenvalue weighted by Gasteiger charge is -2.25. The van der Waals surface area contributed by atoms with Gasteiger partial charge in [-0.15, -0.1) is 0 Å². The van der Waals surface area contributed by atoms with E-state index >= 15 is 0 Å². The summed E-state index contributed by atoms with van der Waals surface area (Å²) in [5.41, 5.74) is 1.37. The molecule has 1 radical (unpaired) electrons. The van der Waals surface area contributed by atoms with Crippen LogP contribution in [0.25, 0.3) is 0 Å². The highest BCUT2D eigenvalue weighted by molar-refractivity contribution is 5.27. The number of likely N-dealkylation sites (tertiary alicyclic amines) is 1. The van der Waals surface area contributed by atoms with Crippen LogP contribution >= 0.6 is 0 Å². The molecule has 2 rings (SSSR count). The van der Waals surface area contributed by atoms with Gasteiger partial charge in [0.1, 0.15) is 5.75 Å². The molecule has 0 amide bonds. The Kier molecular flexibility index (Phi) is 5.53. The lowest BCUT2D eigenvalue weighted by atomic mass is 10.1. The van der Waals surface area contributed by atoms with Crippen molar-refractivity contribution in [2.24, 2.45) is 0 Å². The second-order valence-corrected chi connectivity index (χ2v) is 4.99. The lowest BCUT2D eigenvalue weighted by molar-refractivity contribution is 0.274.